The van der Waals surface area contributed by atoms with Gasteiger partial charge in [-0.3, -0.25) is 4.99 Å². The lowest BCUT2D eigenvalue weighted by Crippen LogP contribution is -2.39. The Balaban J connectivity index is 1.91. The van der Waals surface area contributed by atoms with E-state index in [1.807, 2.05) is 24.3 Å². The smallest absolute Gasteiger partial charge is 0.191 e. The van der Waals surface area contributed by atoms with Crippen molar-refractivity contribution in [1.29, 1.82) is 0 Å². The zero-order valence-corrected chi connectivity index (χ0v) is 11.4. The van der Waals surface area contributed by atoms with E-state index >= 15 is 0 Å². The maximum absolute atomic E-state index is 5.87. The lowest BCUT2D eigenvalue weighted by molar-refractivity contribution is 0.106. The second-order valence-electron chi connectivity index (χ2n) is 4.39. The molecule has 0 bridgehead atoms. The molecular weight excluding hydrogens is 250 g/mol. The van der Waals surface area contributed by atoms with Crippen LogP contribution in [-0.4, -0.2) is 32.2 Å². The lowest BCUT2D eigenvalue weighted by atomic mass is 10.1. The van der Waals surface area contributed by atoms with Crippen molar-refractivity contribution in [2.24, 2.45) is 4.99 Å². The minimum atomic E-state index is -0.0114. The van der Waals surface area contributed by atoms with E-state index in [0.717, 1.165) is 23.1 Å². The highest BCUT2D eigenvalue weighted by atomic mass is 35.5. The largest absolute Gasteiger partial charge is 0.375 e. The summed E-state index contributed by atoms with van der Waals surface area (Å²) in [7, 11) is 1.70. The molecule has 2 atom stereocenters. The first kappa shape index (κ1) is 13.2. The van der Waals surface area contributed by atoms with Gasteiger partial charge in [-0.05, 0) is 24.6 Å². The van der Waals surface area contributed by atoms with E-state index in [1.165, 1.54) is 0 Å². The Morgan fingerprint density at radius 2 is 2.22 bits per heavy atom. The number of methoxy groups -OCH3 is 1. The molecule has 1 aliphatic rings. The summed E-state index contributed by atoms with van der Waals surface area (Å²) in [4.78, 5) is 4.35. The van der Waals surface area contributed by atoms with Crippen LogP contribution < -0.4 is 10.6 Å². The Kier molecular flexibility index (Phi) is 4.44. The fourth-order valence-electron chi connectivity index (χ4n) is 1.86. The zero-order chi connectivity index (χ0) is 13.0. The van der Waals surface area contributed by atoms with Crippen molar-refractivity contribution in [3.63, 3.8) is 0 Å². The van der Waals surface area contributed by atoms with Crippen molar-refractivity contribution < 1.29 is 4.74 Å². The summed E-state index contributed by atoms with van der Waals surface area (Å²) in [5.41, 5.74) is 1.10. The van der Waals surface area contributed by atoms with E-state index in [2.05, 4.69) is 22.5 Å². The molecular formula is C13H18ClN3O. The molecule has 0 saturated heterocycles. The molecule has 5 heteroatoms. The van der Waals surface area contributed by atoms with Crippen LogP contribution in [0, 0.1) is 0 Å². The number of benzene rings is 1. The predicted molar refractivity (Wildman–Crippen MR) is 74.1 cm³/mol. The van der Waals surface area contributed by atoms with Gasteiger partial charge in [0.15, 0.2) is 5.96 Å². The Morgan fingerprint density at radius 1 is 1.50 bits per heavy atom. The fourth-order valence-corrected chi connectivity index (χ4v) is 1.99. The van der Waals surface area contributed by atoms with Gasteiger partial charge in [-0.25, -0.2) is 0 Å². The van der Waals surface area contributed by atoms with Gasteiger partial charge in [0.05, 0.1) is 12.6 Å². The number of aliphatic imine (C=N–C) groups is 1. The molecule has 0 fully saturated rings. The molecule has 4 nitrogen and oxygen atoms in total. The van der Waals surface area contributed by atoms with Crippen LogP contribution in [0.4, 0.5) is 0 Å². The third-order valence-electron chi connectivity index (χ3n) is 2.89. The van der Waals surface area contributed by atoms with Crippen molar-refractivity contribution >= 4 is 17.6 Å². The lowest BCUT2D eigenvalue weighted by Gasteiger charge is -2.17. The Bertz CT molecular complexity index is 419. The molecule has 1 aromatic rings. The van der Waals surface area contributed by atoms with E-state index in [9.17, 15) is 0 Å². The first-order chi connectivity index (χ1) is 8.69. The zero-order valence-electron chi connectivity index (χ0n) is 10.6. The van der Waals surface area contributed by atoms with Crippen LogP contribution in [0.2, 0.25) is 5.02 Å². The average Bonchev–Trinajstić information content (AvgIpc) is 2.78. The number of rotatable bonds is 4. The monoisotopic (exact) mass is 267 g/mol. The normalized spacial score (nSPS) is 20.2. The molecule has 0 amide bonds. The average molecular weight is 268 g/mol. The van der Waals surface area contributed by atoms with Crippen LogP contribution >= 0.6 is 11.6 Å². The summed E-state index contributed by atoms with van der Waals surface area (Å²) >= 11 is 5.87. The second-order valence-corrected chi connectivity index (χ2v) is 4.83. The van der Waals surface area contributed by atoms with Gasteiger partial charge >= 0.3 is 0 Å². The minimum Gasteiger partial charge on any atom is -0.375 e. The van der Waals surface area contributed by atoms with Crippen molar-refractivity contribution in [2.45, 2.75) is 19.1 Å². The van der Waals surface area contributed by atoms with Crippen LogP contribution in [0.1, 0.15) is 18.6 Å². The number of nitrogens with zero attached hydrogens (tertiary/aromatic N) is 1. The van der Waals surface area contributed by atoms with Gasteiger partial charge in [0.1, 0.15) is 0 Å². The van der Waals surface area contributed by atoms with Gasteiger partial charge in [-0.1, -0.05) is 23.7 Å². The standard InChI is InChI=1S/C13H18ClN3O/c1-9-7-15-13(17-9)16-8-12(18-2)10-3-5-11(14)6-4-10/h3-6,9,12H,7-8H2,1-2H3,(H2,15,16,17). The molecule has 2 unspecified atom stereocenters. The fraction of sp³-hybridized carbons (Fsp3) is 0.462. The molecule has 0 aromatic heterocycles. The number of hydrogen-bond donors (Lipinski definition) is 2. The highest BCUT2D eigenvalue weighted by Crippen LogP contribution is 2.18. The first-order valence-corrected chi connectivity index (χ1v) is 6.40. The molecule has 0 aliphatic carbocycles. The predicted octanol–water partition coefficient (Wildman–Crippen LogP) is 1.96. The molecule has 0 saturated carbocycles. The van der Waals surface area contributed by atoms with Gasteiger partial charge in [-0.2, -0.15) is 0 Å². The van der Waals surface area contributed by atoms with Crippen molar-refractivity contribution in [2.75, 3.05) is 20.2 Å². The summed E-state index contributed by atoms with van der Waals surface area (Å²) in [6, 6.07) is 8.10. The number of nitrogens with one attached hydrogen (secondary N) is 2. The first-order valence-electron chi connectivity index (χ1n) is 6.02. The summed E-state index contributed by atoms with van der Waals surface area (Å²) in [5, 5.41) is 7.25. The Hall–Kier alpha value is -1.26. The van der Waals surface area contributed by atoms with E-state index < -0.39 is 0 Å². The third kappa shape index (κ3) is 3.37. The summed E-state index contributed by atoms with van der Waals surface area (Å²) < 4.78 is 5.47. The van der Waals surface area contributed by atoms with E-state index in [4.69, 9.17) is 16.3 Å². The minimum absolute atomic E-state index is 0.0114. The summed E-state index contributed by atoms with van der Waals surface area (Å²) in [5.74, 6) is 0.846. The molecule has 1 aliphatic heterocycles. The second kappa shape index (κ2) is 6.07. The number of ether oxygens (including phenoxy) is 1. The van der Waals surface area contributed by atoms with Crippen molar-refractivity contribution in [1.82, 2.24) is 10.6 Å². The molecule has 2 rings (SSSR count). The van der Waals surface area contributed by atoms with E-state index in [1.54, 1.807) is 7.11 Å². The highest BCUT2D eigenvalue weighted by molar-refractivity contribution is 6.30. The SMILES string of the molecule is COC(CNC1=NCC(C)N1)c1ccc(Cl)cc1. The number of hydrogen-bond acceptors (Lipinski definition) is 4. The van der Waals surface area contributed by atoms with E-state index in [0.29, 0.717) is 12.6 Å². The highest BCUT2D eigenvalue weighted by Gasteiger charge is 2.15. The Labute approximate surface area is 112 Å². The maximum atomic E-state index is 5.87. The van der Waals surface area contributed by atoms with Crippen LogP contribution in [0.3, 0.4) is 0 Å². The van der Waals surface area contributed by atoms with Gasteiger partial charge in [0.2, 0.25) is 0 Å². The molecule has 98 valence electrons. The van der Waals surface area contributed by atoms with Crippen molar-refractivity contribution in [3.8, 4) is 0 Å². The topological polar surface area (TPSA) is 45.6 Å². The van der Waals surface area contributed by atoms with Crippen LogP contribution in [0.25, 0.3) is 0 Å². The quantitative estimate of drug-likeness (QED) is 0.877. The van der Waals surface area contributed by atoms with Gasteiger partial charge < -0.3 is 15.4 Å². The summed E-state index contributed by atoms with van der Waals surface area (Å²) in [6.07, 6.45) is -0.0114. The van der Waals surface area contributed by atoms with Gasteiger partial charge in [-0.15, -0.1) is 0 Å². The molecule has 2 N–H and O–H groups in total. The number of halogens is 1. The molecule has 1 aromatic carbocycles. The van der Waals surface area contributed by atoms with Crippen molar-refractivity contribution in [3.05, 3.63) is 34.9 Å². The molecule has 1 heterocycles. The third-order valence-corrected chi connectivity index (χ3v) is 3.14. The Morgan fingerprint density at radius 3 is 2.78 bits per heavy atom. The number of guanidine groups is 1. The molecule has 0 spiro atoms. The van der Waals surface area contributed by atoms with Gasteiger partial charge in [0.25, 0.3) is 0 Å². The van der Waals surface area contributed by atoms with Crippen LogP contribution in [-0.2, 0) is 4.74 Å². The molecule has 0 radical (unpaired) electrons. The van der Waals surface area contributed by atoms with Crippen LogP contribution in [0.15, 0.2) is 29.3 Å². The van der Waals surface area contributed by atoms with Crippen LogP contribution in [0.5, 0.6) is 0 Å². The van der Waals surface area contributed by atoms with Gasteiger partial charge in [0, 0.05) is 24.7 Å². The summed E-state index contributed by atoms with van der Waals surface area (Å²) in [6.45, 7) is 3.60. The van der Waals surface area contributed by atoms with E-state index in [-0.39, 0.29) is 6.10 Å². The maximum Gasteiger partial charge on any atom is 0.191 e. The molecule has 18 heavy (non-hydrogen) atoms.